The highest BCUT2D eigenvalue weighted by Gasteiger charge is 1.96. The second-order valence-corrected chi connectivity index (χ2v) is 2.88. The van der Waals surface area contributed by atoms with Crippen molar-refractivity contribution in [1.29, 1.82) is 0 Å². The zero-order chi connectivity index (χ0) is 11.5. The number of carboxylic acid groups (broad SMARTS) is 1. The smallest absolute Gasteiger partial charge is 0.307 e. The Hall–Kier alpha value is -1.39. The van der Waals surface area contributed by atoms with Gasteiger partial charge in [-0.2, -0.15) is 0 Å². The molecule has 0 aliphatic rings. The van der Waals surface area contributed by atoms with Crippen LogP contribution in [0, 0.1) is 0 Å². The monoisotopic (exact) mass is 211 g/mol. The Kier molecular flexibility index (Phi) is 8.33. The van der Waals surface area contributed by atoms with E-state index in [1.54, 1.807) is 19.2 Å². The zero-order valence-electron chi connectivity index (χ0n) is 8.81. The van der Waals surface area contributed by atoms with E-state index < -0.39 is 5.97 Å². The van der Waals surface area contributed by atoms with Crippen LogP contribution in [0.5, 0.6) is 0 Å². The van der Waals surface area contributed by atoms with E-state index in [1.165, 1.54) is 0 Å². The number of benzene rings is 1. The molecule has 1 rings (SSSR count). The summed E-state index contributed by atoms with van der Waals surface area (Å²) in [6, 6.07) is 9.13. The highest BCUT2D eigenvalue weighted by Crippen LogP contribution is 1.98. The highest BCUT2D eigenvalue weighted by atomic mass is 16.4. The van der Waals surface area contributed by atoms with E-state index in [0.29, 0.717) is 6.54 Å². The van der Waals surface area contributed by atoms with Crippen molar-refractivity contribution in [3.05, 3.63) is 35.9 Å². The normalized spacial score (nSPS) is 8.93. The third-order valence-electron chi connectivity index (χ3n) is 1.56. The molecule has 4 nitrogen and oxygen atoms in total. The Morgan fingerprint density at radius 1 is 1.33 bits per heavy atom. The molecule has 0 amide bonds. The third kappa shape index (κ3) is 8.93. The van der Waals surface area contributed by atoms with Gasteiger partial charge in [-0.15, -0.1) is 0 Å². The topological polar surface area (TPSA) is 69.6 Å². The second kappa shape index (κ2) is 9.18. The molecular weight excluding hydrogens is 194 g/mol. The molecule has 1 aromatic carbocycles. The minimum atomic E-state index is -0.786. The molecule has 0 saturated carbocycles. The summed E-state index contributed by atoms with van der Waals surface area (Å²) in [5, 5.41) is 19.1. The molecule has 0 bridgehead atoms. The summed E-state index contributed by atoms with van der Waals surface area (Å²) >= 11 is 0. The first-order valence-electron chi connectivity index (χ1n) is 4.72. The average Bonchev–Trinajstić information content (AvgIpc) is 2.20. The molecule has 84 valence electrons. The summed E-state index contributed by atoms with van der Waals surface area (Å²) < 4.78 is 0. The molecule has 0 atom stereocenters. The van der Waals surface area contributed by atoms with Crippen LogP contribution in [0.3, 0.4) is 0 Å². The van der Waals surface area contributed by atoms with Gasteiger partial charge < -0.3 is 15.5 Å². The van der Waals surface area contributed by atoms with Crippen molar-refractivity contribution >= 4 is 5.97 Å². The first-order chi connectivity index (χ1) is 7.20. The number of aliphatic carboxylic acids is 1. The van der Waals surface area contributed by atoms with Crippen molar-refractivity contribution in [2.75, 3.05) is 20.2 Å². The molecule has 3 N–H and O–H groups in total. The van der Waals surface area contributed by atoms with Crippen molar-refractivity contribution in [3.8, 4) is 0 Å². The quantitative estimate of drug-likeness (QED) is 0.678. The second-order valence-electron chi connectivity index (χ2n) is 2.88. The fraction of sp³-hybridized carbons (Fsp3) is 0.364. The number of carboxylic acids is 1. The van der Waals surface area contributed by atoms with E-state index in [2.05, 4.69) is 5.32 Å². The lowest BCUT2D eigenvalue weighted by atomic mass is 10.2. The summed E-state index contributed by atoms with van der Waals surface area (Å²) in [6.07, 6.45) is 0.112. The van der Waals surface area contributed by atoms with Gasteiger partial charge in [-0.1, -0.05) is 30.3 Å². The fourth-order valence-electron chi connectivity index (χ4n) is 0.882. The number of aliphatic hydroxyl groups is 1. The number of likely N-dealkylation sites (N-methyl/N-ethyl adjacent to an activating group) is 1. The first-order valence-corrected chi connectivity index (χ1v) is 4.72. The van der Waals surface area contributed by atoms with Crippen LogP contribution in [0.1, 0.15) is 5.56 Å². The molecule has 0 saturated heterocycles. The van der Waals surface area contributed by atoms with E-state index >= 15 is 0 Å². The van der Waals surface area contributed by atoms with Gasteiger partial charge in [0.15, 0.2) is 0 Å². The van der Waals surface area contributed by atoms with Crippen molar-refractivity contribution in [1.82, 2.24) is 5.32 Å². The van der Waals surface area contributed by atoms with Crippen molar-refractivity contribution in [2.24, 2.45) is 0 Å². The maximum atomic E-state index is 10.2. The molecule has 0 heterocycles. The van der Waals surface area contributed by atoms with E-state index in [1.807, 2.05) is 18.2 Å². The van der Waals surface area contributed by atoms with Gasteiger partial charge in [0.25, 0.3) is 0 Å². The van der Waals surface area contributed by atoms with Crippen LogP contribution in [0.2, 0.25) is 0 Å². The molecular formula is C11H17NO3. The summed E-state index contributed by atoms with van der Waals surface area (Å²) in [7, 11) is 1.80. The molecule has 0 unspecified atom stereocenters. The van der Waals surface area contributed by atoms with E-state index in [9.17, 15) is 4.79 Å². The standard InChI is InChI=1S/C8H8O2.C3H9NO/c9-8(10)6-7-4-2-1-3-5-7;1-4-2-3-5/h1-5H,6H2,(H,9,10);4-5H,2-3H2,1H3. The summed E-state index contributed by atoms with van der Waals surface area (Å²) in [5.74, 6) is -0.786. The van der Waals surface area contributed by atoms with Gasteiger partial charge in [0.1, 0.15) is 0 Å². The number of aliphatic hydroxyl groups excluding tert-OH is 1. The molecule has 0 radical (unpaired) electrons. The average molecular weight is 211 g/mol. The molecule has 1 aromatic rings. The van der Waals surface area contributed by atoms with Gasteiger partial charge in [0.05, 0.1) is 13.0 Å². The lowest BCUT2D eigenvalue weighted by molar-refractivity contribution is -0.136. The molecule has 0 fully saturated rings. The van der Waals surface area contributed by atoms with Crippen molar-refractivity contribution < 1.29 is 15.0 Å². The van der Waals surface area contributed by atoms with Crippen LogP contribution in [0.4, 0.5) is 0 Å². The van der Waals surface area contributed by atoms with E-state index in [0.717, 1.165) is 5.56 Å². The van der Waals surface area contributed by atoms with Gasteiger partial charge in [0, 0.05) is 6.54 Å². The van der Waals surface area contributed by atoms with E-state index in [4.69, 9.17) is 10.2 Å². The van der Waals surface area contributed by atoms with Crippen LogP contribution in [0.25, 0.3) is 0 Å². The number of nitrogens with one attached hydrogen (secondary N) is 1. The van der Waals surface area contributed by atoms with Crippen LogP contribution < -0.4 is 5.32 Å². The van der Waals surface area contributed by atoms with E-state index in [-0.39, 0.29) is 13.0 Å². The highest BCUT2D eigenvalue weighted by molar-refractivity contribution is 5.70. The molecule has 0 aliphatic heterocycles. The van der Waals surface area contributed by atoms with Crippen LogP contribution in [-0.4, -0.2) is 36.4 Å². The SMILES string of the molecule is CNCCO.O=C(O)Cc1ccccc1. The number of rotatable bonds is 4. The van der Waals surface area contributed by atoms with Gasteiger partial charge in [-0.3, -0.25) is 4.79 Å². The molecule has 4 heteroatoms. The maximum Gasteiger partial charge on any atom is 0.307 e. The molecule has 0 aromatic heterocycles. The van der Waals surface area contributed by atoms with Crippen LogP contribution in [-0.2, 0) is 11.2 Å². The summed E-state index contributed by atoms with van der Waals surface area (Å²) in [4.78, 5) is 10.2. The van der Waals surface area contributed by atoms with Gasteiger partial charge >= 0.3 is 5.97 Å². The van der Waals surface area contributed by atoms with Gasteiger partial charge in [0.2, 0.25) is 0 Å². The Bertz CT molecular complexity index is 260. The van der Waals surface area contributed by atoms with Gasteiger partial charge in [-0.05, 0) is 12.6 Å². The zero-order valence-corrected chi connectivity index (χ0v) is 8.81. The lowest BCUT2D eigenvalue weighted by Gasteiger charge is -1.92. The lowest BCUT2D eigenvalue weighted by Crippen LogP contribution is -2.10. The number of hydrogen-bond acceptors (Lipinski definition) is 3. The predicted molar refractivity (Wildman–Crippen MR) is 58.8 cm³/mol. The number of hydrogen-bond donors (Lipinski definition) is 3. The molecule has 0 aliphatic carbocycles. The van der Waals surface area contributed by atoms with Crippen molar-refractivity contribution in [3.63, 3.8) is 0 Å². The van der Waals surface area contributed by atoms with Crippen LogP contribution in [0.15, 0.2) is 30.3 Å². The Morgan fingerprint density at radius 2 is 1.93 bits per heavy atom. The minimum Gasteiger partial charge on any atom is -0.481 e. The van der Waals surface area contributed by atoms with Gasteiger partial charge in [-0.25, -0.2) is 0 Å². The summed E-state index contributed by atoms with van der Waals surface area (Å²) in [5.41, 5.74) is 0.843. The Balaban J connectivity index is 0.000000336. The largest absolute Gasteiger partial charge is 0.481 e. The van der Waals surface area contributed by atoms with Crippen molar-refractivity contribution in [2.45, 2.75) is 6.42 Å². The van der Waals surface area contributed by atoms with Crippen LogP contribution >= 0.6 is 0 Å². The third-order valence-corrected chi connectivity index (χ3v) is 1.56. The maximum absolute atomic E-state index is 10.2. The first kappa shape index (κ1) is 13.6. The molecule has 15 heavy (non-hydrogen) atoms. The molecule has 0 spiro atoms. The summed E-state index contributed by atoms with van der Waals surface area (Å²) in [6.45, 7) is 0.927. The number of carbonyl (C=O) groups is 1. The minimum absolute atomic E-state index is 0.112. The predicted octanol–water partition coefficient (Wildman–Crippen LogP) is 0.512. The fourth-order valence-corrected chi connectivity index (χ4v) is 0.882. The Labute approximate surface area is 89.6 Å². The Morgan fingerprint density at radius 3 is 2.27 bits per heavy atom.